The molecule has 140 valence electrons. The third-order valence-corrected chi connectivity index (χ3v) is 4.07. The predicted octanol–water partition coefficient (Wildman–Crippen LogP) is 1.71. The van der Waals surface area contributed by atoms with E-state index < -0.39 is 11.5 Å². The Balaban J connectivity index is 1.52. The van der Waals surface area contributed by atoms with E-state index in [0.717, 1.165) is 5.69 Å². The van der Waals surface area contributed by atoms with Crippen LogP contribution in [0.1, 0.15) is 16.1 Å². The molecule has 28 heavy (non-hydrogen) atoms. The third-order valence-electron chi connectivity index (χ3n) is 4.07. The van der Waals surface area contributed by atoms with Crippen molar-refractivity contribution in [2.24, 2.45) is 0 Å². The summed E-state index contributed by atoms with van der Waals surface area (Å²) in [6.45, 7) is 0.106. The maximum absolute atomic E-state index is 12.4. The lowest BCUT2D eigenvalue weighted by Crippen LogP contribution is -2.28. The number of ether oxygens (including phenoxy) is 1. The molecular weight excluding hydrogens is 362 g/mol. The average molecular weight is 377 g/mol. The zero-order valence-corrected chi connectivity index (χ0v) is 14.8. The van der Waals surface area contributed by atoms with Crippen molar-refractivity contribution in [3.8, 4) is 11.4 Å². The van der Waals surface area contributed by atoms with Gasteiger partial charge in [-0.05, 0) is 24.3 Å². The lowest BCUT2D eigenvalue weighted by atomic mass is 10.1. The fraction of sp³-hybridized carbons (Fsp3) is 0.105. The van der Waals surface area contributed by atoms with Crippen LogP contribution in [0.2, 0.25) is 0 Å². The van der Waals surface area contributed by atoms with E-state index >= 15 is 0 Å². The molecule has 0 aliphatic heterocycles. The van der Waals surface area contributed by atoms with Gasteiger partial charge in [0.05, 0.1) is 31.7 Å². The van der Waals surface area contributed by atoms with Crippen molar-refractivity contribution in [2.75, 3.05) is 7.11 Å². The number of carbonyl (C=O) groups excluding carboxylic acids is 1. The minimum absolute atomic E-state index is 0.0968. The third kappa shape index (κ3) is 3.32. The molecule has 3 aromatic heterocycles. The van der Waals surface area contributed by atoms with Gasteiger partial charge < -0.3 is 14.5 Å². The molecule has 0 aliphatic rings. The van der Waals surface area contributed by atoms with Crippen molar-refractivity contribution in [2.45, 2.75) is 6.54 Å². The van der Waals surface area contributed by atoms with E-state index in [0.29, 0.717) is 22.4 Å². The lowest BCUT2D eigenvalue weighted by molar-refractivity contribution is 0.0947. The zero-order valence-electron chi connectivity index (χ0n) is 14.8. The number of methoxy groups -OCH3 is 1. The fourth-order valence-corrected chi connectivity index (χ4v) is 2.70. The quantitative estimate of drug-likeness (QED) is 0.527. The predicted molar refractivity (Wildman–Crippen MR) is 99.4 cm³/mol. The van der Waals surface area contributed by atoms with Gasteiger partial charge in [0.1, 0.15) is 11.3 Å². The van der Waals surface area contributed by atoms with Crippen LogP contribution in [0, 0.1) is 0 Å². The monoisotopic (exact) mass is 377 g/mol. The summed E-state index contributed by atoms with van der Waals surface area (Å²) in [6, 6.07) is 10.3. The molecule has 0 saturated heterocycles. The minimum atomic E-state index is -0.742. The molecule has 9 heteroatoms. The van der Waals surface area contributed by atoms with Crippen LogP contribution < -0.4 is 15.7 Å². The maximum atomic E-state index is 12.4. The van der Waals surface area contributed by atoms with Gasteiger partial charge in [0, 0.05) is 11.6 Å². The number of fused-ring (bicyclic) bond motifs is 1. The number of nitrogens with one attached hydrogen (secondary N) is 1. The number of amides is 1. The SMILES string of the molecule is COc1cccc2cc(C(=O)NCc3cn(-c4cccnc4)nn3)c(=O)oc12. The molecule has 4 rings (SSSR count). The summed E-state index contributed by atoms with van der Waals surface area (Å²) in [5.74, 6) is -0.136. The second-order valence-corrected chi connectivity index (χ2v) is 5.87. The standard InChI is InChI=1S/C19H15N5O4/c1-27-16-6-2-4-12-8-15(19(26)28-17(12)16)18(25)21-9-13-11-24(23-22-13)14-5-3-7-20-10-14/h2-8,10-11H,9H2,1H3,(H,21,25). The van der Waals surface area contributed by atoms with Gasteiger partial charge in [0.25, 0.3) is 5.91 Å². The highest BCUT2D eigenvalue weighted by atomic mass is 16.5. The Morgan fingerprint density at radius 3 is 2.96 bits per heavy atom. The Labute approximate surface area is 158 Å². The number of hydrogen-bond donors (Lipinski definition) is 1. The second-order valence-electron chi connectivity index (χ2n) is 5.87. The van der Waals surface area contributed by atoms with E-state index in [1.807, 2.05) is 6.07 Å². The van der Waals surface area contributed by atoms with Gasteiger partial charge in [0.2, 0.25) is 0 Å². The first-order valence-electron chi connectivity index (χ1n) is 8.36. The van der Waals surface area contributed by atoms with Gasteiger partial charge in [-0.1, -0.05) is 17.3 Å². The first kappa shape index (κ1) is 17.4. The molecule has 0 aliphatic carbocycles. The van der Waals surface area contributed by atoms with Gasteiger partial charge in [-0.25, -0.2) is 9.48 Å². The number of nitrogens with zero attached hydrogens (tertiary/aromatic N) is 4. The average Bonchev–Trinajstić information content (AvgIpc) is 3.21. The number of para-hydroxylation sites is 1. The summed E-state index contributed by atoms with van der Waals surface area (Å²) in [6.07, 6.45) is 4.98. The first-order valence-corrected chi connectivity index (χ1v) is 8.36. The first-order chi connectivity index (χ1) is 13.7. The second kappa shape index (κ2) is 7.31. The molecule has 4 aromatic rings. The molecule has 1 amide bonds. The van der Waals surface area contributed by atoms with E-state index in [-0.39, 0.29) is 12.1 Å². The Morgan fingerprint density at radius 2 is 2.18 bits per heavy atom. The molecule has 1 N–H and O–H groups in total. The molecule has 9 nitrogen and oxygen atoms in total. The molecule has 0 radical (unpaired) electrons. The van der Waals surface area contributed by atoms with Crippen LogP contribution in [0.25, 0.3) is 16.7 Å². The lowest BCUT2D eigenvalue weighted by Gasteiger charge is -2.06. The Bertz CT molecular complexity index is 1200. The number of hydrogen-bond acceptors (Lipinski definition) is 7. The van der Waals surface area contributed by atoms with Crippen LogP contribution in [-0.2, 0) is 6.54 Å². The van der Waals surface area contributed by atoms with E-state index in [1.165, 1.54) is 13.2 Å². The normalized spacial score (nSPS) is 10.8. The van der Waals surface area contributed by atoms with Gasteiger partial charge in [-0.3, -0.25) is 9.78 Å². The largest absolute Gasteiger partial charge is 0.493 e. The highest BCUT2D eigenvalue weighted by Crippen LogP contribution is 2.24. The molecular formula is C19H15N5O4. The van der Waals surface area contributed by atoms with Gasteiger partial charge in [-0.15, -0.1) is 5.10 Å². The van der Waals surface area contributed by atoms with Crippen molar-refractivity contribution >= 4 is 16.9 Å². The number of rotatable bonds is 5. The van der Waals surface area contributed by atoms with Gasteiger partial charge in [-0.2, -0.15) is 0 Å². The highest BCUT2D eigenvalue weighted by molar-refractivity contribution is 5.97. The minimum Gasteiger partial charge on any atom is -0.493 e. The van der Waals surface area contributed by atoms with Crippen molar-refractivity contribution in [1.29, 1.82) is 0 Å². The van der Waals surface area contributed by atoms with E-state index in [1.54, 1.807) is 47.5 Å². The smallest absolute Gasteiger partial charge is 0.349 e. The zero-order chi connectivity index (χ0) is 19.5. The van der Waals surface area contributed by atoms with Crippen molar-refractivity contribution in [1.82, 2.24) is 25.3 Å². The van der Waals surface area contributed by atoms with Crippen molar-refractivity contribution < 1.29 is 13.9 Å². The van der Waals surface area contributed by atoms with Gasteiger partial charge in [0.15, 0.2) is 11.3 Å². The van der Waals surface area contributed by atoms with E-state index in [9.17, 15) is 9.59 Å². The Kier molecular flexibility index (Phi) is 4.55. The van der Waals surface area contributed by atoms with Crippen LogP contribution in [0.5, 0.6) is 5.75 Å². The summed E-state index contributed by atoms with van der Waals surface area (Å²) in [5, 5.41) is 11.2. The summed E-state index contributed by atoms with van der Waals surface area (Å²) in [4.78, 5) is 28.7. The molecule has 0 unspecified atom stereocenters. The number of carbonyl (C=O) groups is 1. The van der Waals surface area contributed by atoms with Gasteiger partial charge >= 0.3 is 5.63 Å². The van der Waals surface area contributed by atoms with Crippen LogP contribution in [-0.4, -0.2) is 33.0 Å². The Hall–Kier alpha value is -4.01. The van der Waals surface area contributed by atoms with E-state index in [2.05, 4.69) is 20.6 Å². The Morgan fingerprint density at radius 1 is 1.29 bits per heavy atom. The molecule has 0 spiro atoms. The van der Waals surface area contributed by atoms with Crippen LogP contribution >= 0.6 is 0 Å². The topological polar surface area (TPSA) is 112 Å². The van der Waals surface area contributed by atoms with Crippen molar-refractivity contribution in [3.05, 3.63) is 76.7 Å². The van der Waals surface area contributed by atoms with Crippen LogP contribution in [0.4, 0.5) is 0 Å². The highest BCUT2D eigenvalue weighted by Gasteiger charge is 2.16. The number of aromatic nitrogens is 4. The fourth-order valence-electron chi connectivity index (χ4n) is 2.70. The molecule has 0 saturated carbocycles. The van der Waals surface area contributed by atoms with Crippen LogP contribution in [0.3, 0.4) is 0 Å². The molecule has 1 aromatic carbocycles. The summed E-state index contributed by atoms with van der Waals surface area (Å²) >= 11 is 0. The number of benzene rings is 1. The molecule has 3 heterocycles. The summed E-state index contributed by atoms with van der Waals surface area (Å²) in [5.41, 5.74) is 0.737. The molecule has 0 atom stereocenters. The summed E-state index contributed by atoms with van der Waals surface area (Å²) < 4.78 is 12.0. The molecule has 0 fully saturated rings. The number of pyridine rings is 1. The maximum Gasteiger partial charge on any atom is 0.349 e. The van der Waals surface area contributed by atoms with Crippen LogP contribution in [0.15, 0.2) is 64.2 Å². The summed E-state index contributed by atoms with van der Waals surface area (Å²) in [7, 11) is 1.48. The van der Waals surface area contributed by atoms with E-state index in [4.69, 9.17) is 9.15 Å². The molecule has 0 bridgehead atoms. The van der Waals surface area contributed by atoms with Crippen molar-refractivity contribution in [3.63, 3.8) is 0 Å².